The van der Waals surface area contributed by atoms with E-state index < -0.39 is 0 Å². The Balaban J connectivity index is 1.53. The van der Waals surface area contributed by atoms with Crippen LogP contribution >= 0.6 is 0 Å². The van der Waals surface area contributed by atoms with Gasteiger partial charge in [-0.05, 0) is 42.2 Å². The van der Waals surface area contributed by atoms with Gasteiger partial charge in [-0.1, -0.05) is 38.1 Å². The van der Waals surface area contributed by atoms with E-state index in [4.69, 9.17) is 0 Å². The second-order valence-corrected chi connectivity index (χ2v) is 8.91. The summed E-state index contributed by atoms with van der Waals surface area (Å²) in [5.41, 5.74) is 2.53. The van der Waals surface area contributed by atoms with Crippen LogP contribution in [0.2, 0.25) is 0 Å². The largest absolute Gasteiger partial charge is 0.352 e. The first-order valence-corrected chi connectivity index (χ1v) is 10.7. The van der Waals surface area contributed by atoms with Crippen LogP contribution in [0.15, 0.2) is 24.3 Å². The van der Waals surface area contributed by atoms with Gasteiger partial charge in [0, 0.05) is 52.1 Å². The van der Waals surface area contributed by atoms with E-state index in [1.807, 2.05) is 4.90 Å². The van der Waals surface area contributed by atoms with E-state index in [2.05, 4.69) is 48.3 Å². The molecule has 28 heavy (non-hydrogen) atoms. The molecule has 2 amide bonds. The molecule has 0 aromatic heterocycles. The summed E-state index contributed by atoms with van der Waals surface area (Å²) in [5, 5.41) is 3.15. The summed E-state index contributed by atoms with van der Waals surface area (Å²) in [6, 6.07) is 8.47. The number of carbonyl (C=O) groups is 2. The number of nitrogens with one attached hydrogen (secondary N) is 1. The molecule has 0 saturated carbocycles. The van der Waals surface area contributed by atoms with Gasteiger partial charge in [0.05, 0.1) is 0 Å². The zero-order valence-corrected chi connectivity index (χ0v) is 17.6. The molecule has 2 atom stereocenters. The maximum Gasteiger partial charge on any atom is 0.223 e. The van der Waals surface area contributed by atoms with Crippen molar-refractivity contribution >= 4 is 11.8 Å². The van der Waals surface area contributed by atoms with Gasteiger partial charge in [-0.3, -0.25) is 14.5 Å². The minimum absolute atomic E-state index is 0.0200. The van der Waals surface area contributed by atoms with Crippen LogP contribution in [0, 0.1) is 17.8 Å². The third-order valence-corrected chi connectivity index (χ3v) is 6.22. The van der Waals surface area contributed by atoms with Crippen molar-refractivity contribution in [1.29, 1.82) is 0 Å². The van der Waals surface area contributed by atoms with Crippen LogP contribution in [0.5, 0.6) is 0 Å². The molecule has 0 radical (unpaired) electrons. The van der Waals surface area contributed by atoms with Gasteiger partial charge in [0.25, 0.3) is 0 Å². The first-order valence-electron chi connectivity index (χ1n) is 10.7. The van der Waals surface area contributed by atoms with E-state index in [1.54, 1.807) is 6.92 Å². The van der Waals surface area contributed by atoms with E-state index in [1.165, 1.54) is 17.5 Å². The number of likely N-dealkylation sites (tertiary alicyclic amines) is 2. The quantitative estimate of drug-likeness (QED) is 0.848. The fraction of sp³-hybridized carbons (Fsp3) is 0.652. The fourth-order valence-electron chi connectivity index (χ4n) is 4.83. The summed E-state index contributed by atoms with van der Waals surface area (Å²) in [7, 11) is 0. The van der Waals surface area contributed by atoms with Crippen molar-refractivity contribution in [3.63, 3.8) is 0 Å². The standard InChI is InChI=1S/C23H35N3O2/c1-17-12-18(2)15-25(14-17)16-22-7-5-4-6-21(22)13-24-23(28)20-8-10-26(11-9-20)19(3)27/h4-7,17-18,20H,8-16H2,1-3H3,(H,24,28)/t17-,18-/m1/s1. The lowest BCUT2D eigenvalue weighted by molar-refractivity contribution is -0.134. The first-order chi connectivity index (χ1) is 13.4. The van der Waals surface area contributed by atoms with Crippen molar-refractivity contribution in [1.82, 2.24) is 15.1 Å². The maximum absolute atomic E-state index is 12.6. The molecular formula is C23H35N3O2. The molecule has 2 aliphatic heterocycles. The van der Waals surface area contributed by atoms with Crippen LogP contribution in [0.3, 0.4) is 0 Å². The molecule has 154 valence electrons. The Labute approximate surface area is 169 Å². The highest BCUT2D eigenvalue weighted by molar-refractivity contribution is 5.79. The van der Waals surface area contributed by atoms with Crippen molar-refractivity contribution < 1.29 is 9.59 Å². The van der Waals surface area contributed by atoms with Crippen molar-refractivity contribution in [3.8, 4) is 0 Å². The summed E-state index contributed by atoms with van der Waals surface area (Å²) in [4.78, 5) is 28.4. The van der Waals surface area contributed by atoms with Gasteiger partial charge in [-0.25, -0.2) is 0 Å². The van der Waals surface area contributed by atoms with Gasteiger partial charge in [0.15, 0.2) is 0 Å². The molecule has 2 heterocycles. The number of piperidine rings is 2. The minimum atomic E-state index is 0.0200. The summed E-state index contributed by atoms with van der Waals surface area (Å²) < 4.78 is 0. The van der Waals surface area contributed by atoms with Crippen LogP contribution in [0.4, 0.5) is 0 Å². The van der Waals surface area contributed by atoms with Crippen molar-refractivity contribution in [3.05, 3.63) is 35.4 Å². The van der Waals surface area contributed by atoms with Gasteiger partial charge in [0.2, 0.25) is 11.8 Å². The van der Waals surface area contributed by atoms with Crippen molar-refractivity contribution in [2.45, 2.75) is 53.1 Å². The third kappa shape index (κ3) is 5.57. The molecule has 0 spiro atoms. The van der Waals surface area contributed by atoms with Gasteiger partial charge < -0.3 is 10.2 Å². The van der Waals surface area contributed by atoms with Gasteiger partial charge in [-0.2, -0.15) is 0 Å². The Morgan fingerprint density at radius 1 is 1.04 bits per heavy atom. The molecule has 1 aromatic carbocycles. The SMILES string of the molecule is CC(=O)N1CCC(C(=O)NCc2ccccc2CN2C[C@H](C)C[C@@H](C)C2)CC1. The average Bonchev–Trinajstić information content (AvgIpc) is 2.66. The number of amides is 2. The smallest absolute Gasteiger partial charge is 0.223 e. The number of benzene rings is 1. The van der Waals surface area contributed by atoms with Crippen LogP contribution in [0.25, 0.3) is 0 Å². The molecule has 1 N–H and O–H groups in total. The lowest BCUT2D eigenvalue weighted by atomic mass is 9.91. The summed E-state index contributed by atoms with van der Waals surface area (Å²) in [6.45, 7) is 11.5. The zero-order chi connectivity index (χ0) is 20.1. The summed E-state index contributed by atoms with van der Waals surface area (Å²) >= 11 is 0. The predicted molar refractivity (Wildman–Crippen MR) is 111 cm³/mol. The molecular weight excluding hydrogens is 350 g/mol. The molecule has 0 bridgehead atoms. The molecule has 1 aromatic rings. The van der Waals surface area contributed by atoms with E-state index in [-0.39, 0.29) is 17.7 Å². The number of carbonyl (C=O) groups excluding carboxylic acids is 2. The van der Waals surface area contributed by atoms with Gasteiger partial charge >= 0.3 is 0 Å². The summed E-state index contributed by atoms with van der Waals surface area (Å²) in [6.07, 6.45) is 2.84. The first kappa shape index (κ1) is 20.8. The zero-order valence-electron chi connectivity index (χ0n) is 17.6. The number of nitrogens with zero attached hydrogens (tertiary/aromatic N) is 2. The highest BCUT2D eigenvalue weighted by Crippen LogP contribution is 2.23. The molecule has 5 nitrogen and oxygen atoms in total. The molecule has 0 aliphatic carbocycles. The molecule has 0 unspecified atom stereocenters. The number of hydrogen-bond acceptors (Lipinski definition) is 3. The summed E-state index contributed by atoms with van der Waals surface area (Å²) in [5.74, 6) is 1.74. The molecule has 5 heteroatoms. The number of hydrogen-bond donors (Lipinski definition) is 1. The van der Waals surface area contributed by atoms with Crippen molar-refractivity contribution in [2.75, 3.05) is 26.2 Å². The Hall–Kier alpha value is -1.88. The van der Waals surface area contributed by atoms with Crippen LogP contribution in [0.1, 0.15) is 51.2 Å². The predicted octanol–water partition coefficient (Wildman–Crippen LogP) is 3.04. The Morgan fingerprint density at radius 3 is 2.25 bits per heavy atom. The normalized spacial score (nSPS) is 24.2. The third-order valence-electron chi connectivity index (χ3n) is 6.22. The lowest BCUT2D eigenvalue weighted by Gasteiger charge is -2.35. The highest BCUT2D eigenvalue weighted by Gasteiger charge is 2.26. The lowest BCUT2D eigenvalue weighted by Crippen LogP contribution is -2.42. The minimum Gasteiger partial charge on any atom is -0.352 e. The van der Waals surface area contributed by atoms with Crippen LogP contribution in [-0.4, -0.2) is 47.8 Å². The monoisotopic (exact) mass is 385 g/mol. The van der Waals surface area contributed by atoms with E-state index >= 15 is 0 Å². The van der Waals surface area contributed by atoms with E-state index in [0.717, 1.165) is 44.3 Å². The molecule has 3 rings (SSSR count). The molecule has 2 saturated heterocycles. The van der Waals surface area contributed by atoms with Gasteiger partial charge in [-0.15, -0.1) is 0 Å². The van der Waals surface area contributed by atoms with E-state index in [9.17, 15) is 9.59 Å². The fourth-order valence-corrected chi connectivity index (χ4v) is 4.83. The molecule has 2 fully saturated rings. The Bertz CT molecular complexity index is 672. The topological polar surface area (TPSA) is 52.7 Å². The van der Waals surface area contributed by atoms with Crippen molar-refractivity contribution in [2.24, 2.45) is 17.8 Å². The second-order valence-electron chi connectivity index (χ2n) is 8.91. The highest BCUT2D eigenvalue weighted by atomic mass is 16.2. The van der Waals surface area contributed by atoms with Gasteiger partial charge in [0.1, 0.15) is 0 Å². The van der Waals surface area contributed by atoms with Crippen LogP contribution < -0.4 is 5.32 Å². The second kappa shape index (κ2) is 9.55. The Kier molecular flexibility index (Phi) is 7.11. The maximum atomic E-state index is 12.6. The Morgan fingerprint density at radius 2 is 1.64 bits per heavy atom. The average molecular weight is 386 g/mol. The van der Waals surface area contributed by atoms with E-state index in [0.29, 0.717) is 19.6 Å². The number of rotatable bonds is 5. The van der Waals surface area contributed by atoms with Crippen LogP contribution in [-0.2, 0) is 22.7 Å². The molecule has 2 aliphatic rings.